The molecule has 0 fully saturated rings. The number of carbonyl (C=O) groups is 1. The van der Waals surface area contributed by atoms with Crippen LogP contribution in [-0.2, 0) is 4.79 Å². The maximum atomic E-state index is 12.2. The monoisotopic (exact) mass is 379 g/mol. The average Bonchev–Trinajstić information content (AvgIpc) is 2.74. The van der Waals surface area contributed by atoms with E-state index in [1.807, 2.05) is 30.3 Å². The number of para-hydroxylation sites is 2. The molecule has 3 aromatic rings. The molecule has 6 heteroatoms. The molecule has 0 aliphatic rings. The Balaban J connectivity index is 1.55. The van der Waals surface area contributed by atoms with Crippen LogP contribution in [0.2, 0.25) is 0 Å². The molecule has 0 spiro atoms. The molecule has 1 amide bonds. The second-order valence-corrected chi connectivity index (χ2v) is 5.77. The zero-order valence-corrected chi connectivity index (χ0v) is 15.7. The van der Waals surface area contributed by atoms with Crippen molar-refractivity contribution in [1.82, 2.24) is 0 Å². The van der Waals surface area contributed by atoms with Crippen molar-refractivity contribution in [1.29, 1.82) is 0 Å². The van der Waals surface area contributed by atoms with Crippen molar-refractivity contribution < 1.29 is 23.7 Å². The summed E-state index contributed by atoms with van der Waals surface area (Å²) in [4.78, 5) is 12.2. The van der Waals surface area contributed by atoms with Crippen LogP contribution in [0.25, 0.3) is 0 Å². The molecule has 144 valence electrons. The number of nitrogens with one attached hydrogen (secondary N) is 1. The van der Waals surface area contributed by atoms with Gasteiger partial charge < -0.3 is 24.3 Å². The number of benzene rings is 3. The highest BCUT2D eigenvalue weighted by Gasteiger charge is 2.12. The Labute approximate surface area is 163 Å². The first-order valence-electron chi connectivity index (χ1n) is 8.66. The Morgan fingerprint density at radius 3 is 2.14 bits per heavy atom. The molecule has 0 unspecified atom stereocenters. The highest BCUT2D eigenvalue weighted by atomic mass is 16.5. The fourth-order valence-corrected chi connectivity index (χ4v) is 2.54. The number of anilines is 1. The van der Waals surface area contributed by atoms with Crippen LogP contribution < -0.4 is 24.3 Å². The molecule has 0 radical (unpaired) electrons. The second-order valence-electron chi connectivity index (χ2n) is 5.77. The van der Waals surface area contributed by atoms with Gasteiger partial charge in [-0.2, -0.15) is 0 Å². The van der Waals surface area contributed by atoms with Gasteiger partial charge in [0.1, 0.15) is 11.5 Å². The first-order valence-corrected chi connectivity index (χ1v) is 8.66. The number of amides is 1. The average molecular weight is 379 g/mol. The predicted molar refractivity (Wildman–Crippen MR) is 107 cm³/mol. The standard InChI is InChI=1S/C22H21NO5/c1-25-19-9-6-10-20(22(19)26-2)27-15-21(24)23-16-11-13-18(14-12-16)28-17-7-4-3-5-8-17/h3-14H,15H2,1-2H3,(H,23,24). The lowest BCUT2D eigenvalue weighted by atomic mass is 10.3. The van der Waals surface area contributed by atoms with Crippen LogP contribution in [0.4, 0.5) is 5.69 Å². The summed E-state index contributed by atoms with van der Waals surface area (Å²) in [6, 6.07) is 21.8. The first kappa shape index (κ1) is 19.1. The summed E-state index contributed by atoms with van der Waals surface area (Å²) >= 11 is 0. The topological polar surface area (TPSA) is 66.0 Å². The quantitative estimate of drug-likeness (QED) is 0.624. The Morgan fingerprint density at radius 1 is 0.786 bits per heavy atom. The van der Waals surface area contributed by atoms with E-state index >= 15 is 0 Å². The lowest BCUT2D eigenvalue weighted by molar-refractivity contribution is -0.118. The molecule has 6 nitrogen and oxygen atoms in total. The van der Waals surface area contributed by atoms with Crippen molar-refractivity contribution in [3.63, 3.8) is 0 Å². The Bertz CT molecular complexity index is 910. The summed E-state index contributed by atoms with van der Waals surface area (Å²) in [6.07, 6.45) is 0. The van der Waals surface area contributed by atoms with E-state index in [1.54, 1.807) is 49.6 Å². The molecule has 0 aliphatic carbocycles. The first-order chi connectivity index (χ1) is 13.7. The van der Waals surface area contributed by atoms with E-state index in [2.05, 4.69) is 5.32 Å². The summed E-state index contributed by atoms with van der Waals surface area (Å²) in [6.45, 7) is -0.161. The minimum atomic E-state index is -0.290. The van der Waals surface area contributed by atoms with Gasteiger partial charge in [-0.15, -0.1) is 0 Å². The summed E-state index contributed by atoms with van der Waals surface area (Å²) in [5, 5.41) is 2.78. The summed E-state index contributed by atoms with van der Waals surface area (Å²) in [5.41, 5.74) is 0.645. The van der Waals surface area contributed by atoms with E-state index in [4.69, 9.17) is 18.9 Å². The molecule has 1 N–H and O–H groups in total. The lowest BCUT2D eigenvalue weighted by Gasteiger charge is -2.13. The molecule has 0 saturated carbocycles. The zero-order chi connectivity index (χ0) is 19.8. The predicted octanol–water partition coefficient (Wildman–Crippen LogP) is 4.51. The van der Waals surface area contributed by atoms with Gasteiger partial charge in [0.15, 0.2) is 18.1 Å². The third-order valence-corrected chi connectivity index (χ3v) is 3.84. The highest BCUT2D eigenvalue weighted by molar-refractivity contribution is 5.92. The molecule has 28 heavy (non-hydrogen) atoms. The summed E-state index contributed by atoms with van der Waals surface area (Å²) < 4.78 is 21.8. The van der Waals surface area contributed by atoms with Crippen LogP contribution in [0.3, 0.4) is 0 Å². The van der Waals surface area contributed by atoms with Crippen LogP contribution >= 0.6 is 0 Å². The number of rotatable bonds is 8. The molecule has 0 aromatic heterocycles. The van der Waals surface area contributed by atoms with Gasteiger partial charge in [0.05, 0.1) is 14.2 Å². The van der Waals surface area contributed by atoms with Gasteiger partial charge >= 0.3 is 0 Å². The number of hydrogen-bond donors (Lipinski definition) is 1. The van der Waals surface area contributed by atoms with Gasteiger partial charge in [-0.05, 0) is 48.5 Å². The molecule has 3 rings (SSSR count). The van der Waals surface area contributed by atoms with Crippen LogP contribution in [0.1, 0.15) is 0 Å². The van der Waals surface area contributed by atoms with Gasteiger partial charge in [0, 0.05) is 5.69 Å². The molecule has 0 heterocycles. The lowest BCUT2D eigenvalue weighted by Crippen LogP contribution is -2.20. The van der Waals surface area contributed by atoms with E-state index in [9.17, 15) is 4.79 Å². The zero-order valence-electron chi connectivity index (χ0n) is 15.7. The van der Waals surface area contributed by atoms with Crippen molar-refractivity contribution >= 4 is 11.6 Å². The third-order valence-electron chi connectivity index (χ3n) is 3.84. The molecule has 0 bridgehead atoms. The van der Waals surface area contributed by atoms with Crippen LogP contribution in [0, 0.1) is 0 Å². The number of methoxy groups -OCH3 is 2. The molecular weight excluding hydrogens is 358 g/mol. The number of carbonyl (C=O) groups excluding carboxylic acids is 1. The largest absolute Gasteiger partial charge is 0.493 e. The van der Waals surface area contributed by atoms with Crippen molar-refractivity contribution in [3.05, 3.63) is 72.8 Å². The van der Waals surface area contributed by atoms with Crippen LogP contribution in [-0.4, -0.2) is 26.7 Å². The molecule has 3 aromatic carbocycles. The Hall–Kier alpha value is -3.67. The second kappa shape index (κ2) is 9.32. The van der Waals surface area contributed by atoms with E-state index in [-0.39, 0.29) is 12.5 Å². The fourth-order valence-electron chi connectivity index (χ4n) is 2.54. The van der Waals surface area contributed by atoms with Gasteiger partial charge in [-0.1, -0.05) is 24.3 Å². The minimum Gasteiger partial charge on any atom is -0.493 e. The molecular formula is C22H21NO5. The molecule has 0 saturated heterocycles. The smallest absolute Gasteiger partial charge is 0.262 e. The van der Waals surface area contributed by atoms with Crippen molar-refractivity contribution in [2.24, 2.45) is 0 Å². The third kappa shape index (κ3) is 4.94. The van der Waals surface area contributed by atoms with E-state index in [1.165, 1.54) is 7.11 Å². The van der Waals surface area contributed by atoms with Gasteiger partial charge in [-0.3, -0.25) is 4.79 Å². The molecule has 0 atom stereocenters. The normalized spacial score (nSPS) is 10.1. The van der Waals surface area contributed by atoms with Crippen LogP contribution in [0.15, 0.2) is 72.8 Å². The number of ether oxygens (including phenoxy) is 4. The van der Waals surface area contributed by atoms with Crippen molar-refractivity contribution in [3.8, 4) is 28.7 Å². The van der Waals surface area contributed by atoms with Gasteiger partial charge in [0.25, 0.3) is 5.91 Å². The van der Waals surface area contributed by atoms with E-state index in [0.717, 1.165) is 5.75 Å². The maximum absolute atomic E-state index is 12.2. The summed E-state index contributed by atoms with van der Waals surface area (Å²) in [7, 11) is 3.06. The molecule has 0 aliphatic heterocycles. The van der Waals surface area contributed by atoms with E-state index < -0.39 is 0 Å². The van der Waals surface area contributed by atoms with Gasteiger partial charge in [0.2, 0.25) is 5.75 Å². The Kier molecular flexibility index (Phi) is 6.36. The van der Waals surface area contributed by atoms with Crippen molar-refractivity contribution in [2.45, 2.75) is 0 Å². The SMILES string of the molecule is COc1cccc(OCC(=O)Nc2ccc(Oc3ccccc3)cc2)c1OC. The highest BCUT2D eigenvalue weighted by Crippen LogP contribution is 2.36. The summed E-state index contributed by atoms with van der Waals surface area (Å²) in [5.74, 6) is 2.56. The minimum absolute atomic E-state index is 0.161. The maximum Gasteiger partial charge on any atom is 0.262 e. The van der Waals surface area contributed by atoms with E-state index in [0.29, 0.717) is 28.7 Å². The number of hydrogen-bond acceptors (Lipinski definition) is 5. The fraction of sp³-hybridized carbons (Fsp3) is 0.136. The van der Waals surface area contributed by atoms with Crippen LogP contribution in [0.5, 0.6) is 28.7 Å². The van der Waals surface area contributed by atoms with Gasteiger partial charge in [-0.25, -0.2) is 0 Å². The Morgan fingerprint density at radius 2 is 1.46 bits per heavy atom. The van der Waals surface area contributed by atoms with Crippen molar-refractivity contribution in [2.75, 3.05) is 26.1 Å².